The average molecular weight is 701 g/mol. The maximum Gasteiger partial charge on any atom is 0.326 e. The molecule has 0 aromatic heterocycles. The molecule has 0 saturated heterocycles. The van der Waals surface area contributed by atoms with E-state index in [1.165, 1.54) is 24.3 Å². The normalized spacial score (nSPS) is 15.4. The maximum absolute atomic E-state index is 13.1. The second-order valence-electron chi connectivity index (χ2n) is 11.0. The van der Waals surface area contributed by atoms with Crippen LogP contribution in [0.4, 0.5) is 0 Å². The molecule has 0 radical (unpaired) electrons. The summed E-state index contributed by atoms with van der Waals surface area (Å²) in [5, 5.41) is 50.8. The number of hydrogen-bond donors (Lipinski definition) is 13. The van der Waals surface area contributed by atoms with Gasteiger partial charge in [0.15, 0.2) is 0 Å². The predicted octanol–water partition coefficient (Wildman–Crippen LogP) is -4.45. The third-order valence-electron chi connectivity index (χ3n) is 7.08. The van der Waals surface area contributed by atoms with Crippen LogP contribution in [0.1, 0.15) is 38.2 Å². The minimum Gasteiger partial charge on any atom is -0.508 e. The maximum atomic E-state index is 13.1. The second kappa shape index (κ2) is 21.8. The minimum atomic E-state index is -1.70. The zero-order valence-electron chi connectivity index (χ0n) is 26.6. The molecule has 1 rings (SSSR count). The summed E-state index contributed by atoms with van der Waals surface area (Å²) < 4.78 is 0. The Hall–Kier alpha value is -4.01. The van der Waals surface area contributed by atoms with Crippen molar-refractivity contribution in [2.75, 3.05) is 25.4 Å². The third-order valence-corrected chi connectivity index (χ3v) is 7.44. The lowest BCUT2D eigenvalue weighted by molar-refractivity contribution is -0.143. The number of phenolic OH excluding ortho intramolecular Hbond substituents is 1. The van der Waals surface area contributed by atoms with Gasteiger partial charge in [0.1, 0.15) is 36.0 Å². The van der Waals surface area contributed by atoms with Crippen molar-refractivity contribution in [3.05, 3.63) is 29.8 Å². The SMILES string of the molecule is C[C@@H](O)[C@H](NC(=O)[C@H](CO)NC(=O)[C@H](CS)NC(=O)[C@H](CCCCN)NC(=O)[C@@H](N)CCN)C(=O)N[C@@H](Cc1ccc(O)cc1)C(=O)O. The molecule has 0 heterocycles. The van der Waals surface area contributed by atoms with Gasteiger partial charge in [-0.05, 0) is 63.4 Å². The molecule has 270 valence electrons. The van der Waals surface area contributed by atoms with E-state index in [9.17, 15) is 49.2 Å². The van der Waals surface area contributed by atoms with E-state index in [0.717, 1.165) is 6.92 Å². The summed E-state index contributed by atoms with van der Waals surface area (Å²) in [6.07, 6.45) is -0.362. The lowest BCUT2D eigenvalue weighted by Gasteiger charge is -2.27. The smallest absolute Gasteiger partial charge is 0.326 e. The molecule has 19 heteroatoms. The van der Waals surface area contributed by atoms with Crippen LogP contribution in [0.15, 0.2) is 24.3 Å². The van der Waals surface area contributed by atoms with Gasteiger partial charge in [0.05, 0.1) is 18.8 Å². The molecule has 0 aliphatic heterocycles. The molecule has 0 aliphatic carbocycles. The van der Waals surface area contributed by atoms with Crippen LogP contribution in [0.25, 0.3) is 0 Å². The van der Waals surface area contributed by atoms with Crippen LogP contribution in [0.3, 0.4) is 0 Å². The topological polar surface area (TPSA) is 322 Å². The Balaban J connectivity index is 2.96. The Morgan fingerprint density at radius 3 is 1.81 bits per heavy atom. The van der Waals surface area contributed by atoms with Crippen molar-refractivity contribution in [3.63, 3.8) is 0 Å². The van der Waals surface area contributed by atoms with E-state index < -0.39 is 84.5 Å². The predicted molar refractivity (Wildman–Crippen MR) is 176 cm³/mol. The largest absolute Gasteiger partial charge is 0.508 e. The Morgan fingerprint density at radius 2 is 1.29 bits per heavy atom. The molecule has 15 N–H and O–H groups in total. The van der Waals surface area contributed by atoms with Gasteiger partial charge in [-0.15, -0.1) is 0 Å². The fourth-order valence-corrected chi connectivity index (χ4v) is 4.53. The van der Waals surface area contributed by atoms with Crippen molar-refractivity contribution in [1.29, 1.82) is 0 Å². The second-order valence-corrected chi connectivity index (χ2v) is 11.4. The number of thiol groups is 1. The minimum absolute atomic E-state index is 0.0459. The monoisotopic (exact) mass is 700 g/mol. The van der Waals surface area contributed by atoms with Crippen molar-refractivity contribution in [2.45, 2.75) is 81.4 Å². The van der Waals surface area contributed by atoms with E-state index in [1.54, 1.807) is 0 Å². The number of aromatic hydroxyl groups is 1. The molecular weight excluding hydrogens is 652 g/mol. The van der Waals surface area contributed by atoms with Gasteiger partial charge in [-0.1, -0.05) is 12.1 Å². The summed E-state index contributed by atoms with van der Waals surface area (Å²) >= 11 is 4.09. The quantitative estimate of drug-likeness (QED) is 0.0402. The number of aliphatic hydroxyl groups is 2. The zero-order chi connectivity index (χ0) is 36.4. The summed E-state index contributed by atoms with van der Waals surface area (Å²) in [7, 11) is 0. The molecular formula is C29H48N8O10S. The number of carbonyl (C=O) groups is 6. The number of nitrogens with two attached hydrogens (primary N) is 3. The van der Waals surface area contributed by atoms with Crippen molar-refractivity contribution in [1.82, 2.24) is 26.6 Å². The average Bonchev–Trinajstić information content (AvgIpc) is 3.04. The number of unbranched alkanes of at least 4 members (excludes halogenated alkanes) is 1. The van der Waals surface area contributed by atoms with Gasteiger partial charge in [-0.25, -0.2) is 4.79 Å². The molecule has 7 atom stereocenters. The fraction of sp³-hybridized carbons (Fsp3) is 0.586. The van der Waals surface area contributed by atoms with E-state index in [1.807, 2.05) is 0 Å². The molecule has 0 spiro atoms. The molecule has 0 aliphatic rings. The Bertz CT molecular complexity index is 1220. The summed E-state index contributed by atoms with van der Waals surface area (Å²) in [6, 6.07) is -2.67. The number of aliphatic hydroxyl groups excluding tert-OH is 2. The molecule has 0 unspecified atom stereocenters. The van der Waals surface area contributed by atoms with E-state index in [0.29, 0.717) is 24.9 Å². The van der Waals surface area contributed by atoms with E-state index in [4.69, 9.17) is 17.2 Å². The lowest BCUT2D eigenvalue weighted by atomic mass is 10.0. The van der Waals surface area contributed by atoms with Crippen molar-refractivity contribution < 1.29 is 49.2 Å². The van der Waals surface area contributed by atoms with Crippen LogP contribution in [-0.4, -0.2) is 124 Å². The lowest BCUT2D eigenvalue weighted by Crippen LogP contribution is -2.62. The summed E-state index contributed by atoms with van der Waals surface area (Å²) in [5.41, 5.74) is 17.2. The molecule has 0 saturated carbocycles. The van der Waals surface area contributed by atoms with E-state index in [2.05, 4.69) is 39.2 Å². The Morgan fingerprint density at radius 1 is 0.750 bits per heavy atom. The van der Waals surface area contributed by atoms with Gasteiger partial charge in [0.25, 0.3) is 0 Å². The Labute approximate surface area is 283 Å². The first kappa shape index (κ1) is 42.0. The van der Waals surface area contributed by atoms with Crippen molar-refractivity contribution in [2.24, 2.45) is 17.2 Å². The van der Waals surface area contributed by atoms with Crippen LogP contribution in [0.5, 0.6) is 5.75 Å². The fourth-order valence-electron chi connectivity index (χ4n) is 4.27. The number of carbonyl (C=O) groups excluding carboxylic acids is 5. The summed E-state index contributed by atoms with van der Waals surface area (Å²) in [5.74, 6) is -6.21. The van der Waals surface area contributed by atoms with E-state index in [-0.39, 0.29) is 37.3 Å². The van der Waals surface area contributed by atoms with Crippen LogP contribution in [-0.2, 0) is 35.2 Å². The van der Waals surface area contributed by atoms with Crippen molar-refractivity contribution in [3.8, 4) is 5.75 Å². The first-order chi connectivity index (χ1) is 22.7. The van der Waals surface area contributed by atoms with Gasteiger partial charge in [0, 0.05) is 12.2 Å². The highest BCUT2D eigenvalue weighted by Gasteiger charge is 2.34. The van der Waals surface area contributed by atoms with Crippen LogP contribution >= 0.6 is 12.6 Å². The van der Waals surface area contributed by atoms with Crippen molar-refractivity contribution >= 4 is 48.1 Å². The zero-order valence-corrected chi connectivity index (χ0v) is 27.5. The van der Waals surface area contributed by atoms with Gasteiger partial charge in [-0.2, -0.15) is 12.6 Å². The molecule has 0 fully saturated rings. The van der Waals surface area contributed by atoms with Crippen LogP contribution in [0.2, 0.25) is 0 Å². The number of benzene rings is 1. The first-order valence-electron chi connectivity index (χ1n) is 15.3. The number of nitrogens with one attached hydrogen (secondary N) is 5. The molecule has 1 aromatic rings. The number of aliphatic carboxylic acids is 1. The number of rotatable bonds is 22. The van der Waals surface area contributed by atoms with Crippen LogP contribution in [0, 0.1) is 0 Å². The molecule has 1 aromatic carbocycles. The van der Waals surface area contributed by atoms with E-state index >= 15 is 0 Å². The van der Waals surface area contributed by atoms with Gasteiger partial charge < -0.3 is 64.2 Å². The van der Waals surface area contributed by atoms with Gasteiger partial charge in [0.2, 0.25) is 29.5 Å². The number of carboxylic acids is 1. The number of amides is 5. The highest BCUT2D eigenvalue weighted by Crippen LogP contribution is 2.12. The standard InChI is InChI=1S/C29H48N8O10S/c1-15(39)23(28(45)34-20(29(46)47)12-16-5-7-17(40)8-6-16)37-26(43)21(13-38)35-27(44)22(14-48)36-25(42)19(4-2-3-10-30)33-24(41)18(32)9-11-31/h5-8,15,18-23,38-40,48H,2-4,9-14,30-32H2,1H3,(H,33,41)(H,34,45)(H,35,44)(H,36,42)(H,37,43)(H,46,47)/t15-,18+,19+,20+,21+,22+,23+/m1/s1. The van der Waals surface area contributed by atoms with Crippen LogP contribution < -0.4 is 43.8 Å². The molecule has 5 amide bonds. The van der Waals surface area contributed by atoms with Gasteiger partial charge >= 0.3 is 5.97 Å². The van der Waals surface area contributed by atoms with Gasteiger partial charge in [-0.3, -0.25) is 24.0 Å². The highest BCUT2D eigenvalue weighted by molar-refractivity contribution is 7.80. The highest BCUT2D eigenvalue weighted by atomic mass is 32.1. The number of hydrogen-bond acceptors (Lipinski definition) is 13. The first-order valence-corrected chi connectivity index (χ1v) is 15.9. The third kappa shape index (κ3) is 14.4. The number of phenols is 1. The number of carboxylic acid groups (broad SMARTS) is 1. The summed E-state index contributed by atoms with van der Waals surface area (Å²) in [6.45, 7) is 0.685. The molecule has 18 nitrogen and oxygen atoms in total. The Kier molecular flexibility index (Phi) is 19.1. The summed E-state index contributed by atoms with van der Waals surface area (Å²) in [4.78, 5) is 76.3. The molecule has 48 heavy (non-hydrogen) atoms. The molecule has 0 bridgehead atoms.